The van der Waals surface area contributed by atoms with Crippen molar-refractivity contribution in [2.45, 2.75) is 58.4 Å². The summed E-state index contributed by atoms with van der Waals surface area (Å²) < 4.78 is 0. The number of nitrogens with one attached hydrogen (secondary N) is 2. The van der Waals surface area contributed by atoms with Gasteiger partial charge in [0.25, 0.3) is 5.91 Å². The van der Waals surface area contributed by atoms with Gasteiger partial charge in [-0.1, -0.05) is 12.1 Å². The normalized spacial score (nSPS) is 30.9. The molecule has 0 spiro atoms. The average Bonchev–Trinajstić information content (AvgIpc) is 2.64. The largest absolute Gasteiger partial charge is 0.507 e. The van der Waals surface area contributed by atoms with E-state index in [1.807, 2.05) is 0 Å². The van der Waals surface area contributed by atoms with Gasteiger partial charge in [-0.05, 0) is 81.3 Å². The Labute approximate surface area is 165 Å². The molecule has 4 saturated carbocycles. The highest BCUT2D eigenvalue weighted by Crippen LogP contribution is 2.53. The Hall–Kier alpha value is -2.37. The smallest absolute Gasteiger partial charge is 0.275 e. The zero-order valence-corrected chi connectivity index (χ0v) is 16.6. The molecular weight excluding hydrogens is 354 g/mol. The fraction of sp³-hybridized carbons (Fsp3) is 0.591. The van der Waals surface area contributed by atoms with Crippen molar-refractivity contribution in [3.63, 3.8) is 0 Å². The molecule has 0 radical (unpaired) electrons. The molecule has 0 aliphatic heterocycles. The molecule has 5 rings (SSSR count). The third-order valence-electron chi connectivity index (χ3n) is 6.80. The Kier molecular flexibility index (Phi) is 5.13. The van der Waals surface area contributed by atoms with Crippen LogP contribution < -0.4 is 10.7 Å². The molecule has 1 aromatic rings. The first-order chi connectivity index (χ1) is 13.4. The maximum atomic E-state index is 12.5. The molecule has 0 heterocycles. The van der Waals surface area contributed by atoms with Crippen LogP contribution in [0.4, 0.5) is 0 Å². The second-order valence-electron chi connectivity index (χ2n) is 8.96. The number of rotatable bonds is 5. The molecular formula is C22H29N3O3. The summed E-state index contributed by atoms with van der Waals surface area (Å²) in [4.78, 5) is 24.7. The van der Waals surface area contributed by atoms with Crippen LogP contribution in [0.15, 0.2) is 23.3 Å². The number of benzene rings is 1. The Balaban J connectivity index is 1.31. The fourth-order valence-electron chi connectivity index (χ4n) is 5.72. The van der Waals surface area contributed by atoms with Crippen molar-refractivity contribution >= 4 is 17.5 Å². The number of hydrogen-bond acceptors (Lipinski definition) is 4. The molecule has 0 saturated heterocycles. The van der Waals surface area contributed by atoms with E-state index in [2.05, 4.69) is 15.8 Å². The Morgan fingerprint density at radius 1 is 1.11 bits per heavy atom. The minimum Gasteiger partial charge on any atom is -0.507 e. The number of aryl methyl sites for hydroxylation is 1. The van der Waals surface area contributed by atoms with Crippen LogP contribution in [-0.2, 0) is 4.79 Å². The van der Waals surface area contributed by atoms with Crippen LogP contribution in [0.3, 0.4) is 0 Å². The molecule has 0 aromatic heterocycles. The molecule has 4 aliphatic carbocycles. The number of para-hydroxylation sites is 1. The first-order valence-corrected chi connectivity index (χ1v) is 10.3. The lowest BCUT2D eigenvalue weighted by Gasteiger charge is -2.54. The van der Waals surface area contributed by atoms with Crippen molar-refractivity contribution < 1.29 is 14.7 Å². The van der Waals surface area contributed by atoms with E-state index >= 15 is 0 Å². The summed E-state index contributed by atoms with van der Waals surface area (Å²) in [6, 6.07) is 5.29. The molecule has 4 fully saturated rings. The number of carbonyl (C=O) groups excluding carboxylic acids is 2. The van der Waals surface area contributed by atoms with E-state index in [9.17, 15) is 14.7 Å². The number of nitrogens with zero attached hydrogens (tertiary/aromatic N) is 1. The van der Waals surface area contributed by atoms with Crippen LogP contribution in [0, 0.1) is 30.6 Å². The van der Waals surface area contributed by atoms with E-state index in [4.69, 9.17) is 0 Å². The van der Waals surface area contributed by atoms with Crippen molar-refractivity contribution in [3.05, 3.63) is 29.3 Å². The monoisotopic (exact) mass is 383 g/mol. The van der Waals surface area contributed by atoms with Gasteiger partial charge in [0, 0.05) is 11.8 Å². The molecule has 1 aromatic carbocycles. The van der Waals surface area contributed by atoms with Gasteiger partial charge in [-0.25, -0.2) is 5.43 Å². The SMILES string of the molecule is CC(CC(=O)NC1C2CC3CC(C2)CC1C3)=NNC(=O)c1cccc(C)c1O. The summed E-state index contributed by atoms with van der Waals surface area (Å²) in [5.41, 5.74) is 3.78. The van der Waals surface area contributed by atoms with Crippen LogP contribution in [0.1, 0.15) is 61.4 Å². The quantitative estimate of drug-likeness (QED) is 0.539. The van der Waals surface area contributed by atoms with Crippen molar-refractivity contribution in [1.82, 2.24) is 10.7 Å². The molecule has 6 nitrogen and oxygen atoms in total. The summed E-state index contributed by atoms with van der Waals surface area (Å²) >= 11 is 0. The van der Waals surface area contributed by atoms with Crippen LogP contribution in [0.5, 0.6) is 5.75 Å². The van der Waals surface area contributed by atoms with Gasteiger partial charge in [0.1, 0.15) is 5.75 Å². The van der Waals surface area contributed by atoms with Gasteiger partial charge in [0.2, 0.25) is 5.91 Å². The first kappa shape index (κ1) is 19.0. The summed E-state index contributed by atoms with van der Waals surface area (Å²) in [6.45, 7) is 3.46. The highest BCUT2D eigenvalue weighted by molar-refractivity contribution is 6.02. The maximum Gasteiger partial charge on any atom is 0.275 e. The molecule has 4 aliphatic rings. The lowest BCUT2D eigenvalue weighted by atomic mass is 9.54. The number of phenolic OH excluding ortho intramolecular Hbond substituents is 1. The van der Waals surface area contributed by atoms with E-state index in [0.29, 0.717) is 29.2 Å². The van der Waals surface area contributed by atoms with Gasteiger partial charge in [-0.2, -0.15) is 5.10 Å². The number of hydrazone groups is 1. The van der Waals surface area contributed by atoms with Gasteiger partial charge >= 0.3 is 0 Å². The molecule has 150 valence electrons. The summed E-state index contributed by atoms with van der Waals surface area (Å²) in [5, 5.41) is 17.3. The van der Waals surface area contributed by atoms with E-state index < -0.39 is 5.91 Å². The lowest BCUT2D eigenvalue weighted by Crippen LogP contribution is -2.56. The molecule has 6 heteroatoms. The third-order valence-corrected chi connectivity index (χ3v) is 6.80. The summed E-state index contributed by atoms with van der Waals surface area (Å²) in [6.07, 6.45) is 6.63. The van der Waals surface area contributed by atoms with Gasteiger partial charge in [-0.3, -0.25) is 9.59 Å². The first-order valence-electron chi connectivity index (χ1n) is 10.3. The minimum atomic E-state index is -0.484. The lowest BCUT2D eigenvalue weighted by molar-refractivity contribution is -0.123. The molecule has 2 amide bonds. The second-order valence-corrected chi connectivity index (χ2v) is 8.96. The van der Waals surface area contributed by atoms with E-state index in [-0.39, 0.29) is 23.6 Å². The zero-order chi connectivity index (χ0) is 19.8. The number of aromatic hydroxyl groups is 1. The number of carbonyl (C=O) groups is 2. The van der Waals surface area contributed by atoms with Crippen LogP contribution >= 0.6 is 0 Å². The van der Waals surface area contributed by atoms with Gasteiger partial charge in [0.05, 0.1) is 12.0 Å². The fourth-order valence-corrected chi connectivity index (χ4v) is 5.72. The predicted molar refractivity (Wildman–Crippen MR) is 107 cm³/mol. The van der Waals surface area contributed by atoms with Gasteiger partial charge < -0.3 is 10.4 Å². The van der Waals surface area contributed by atoms with Crippen LogP contribution in [0.2, 0.25) is 0 Å². The molecule has 4 bridgehead atoms. The maximum absolute atomic E-state index is 12.5. The molecule has 0 unspecified atom stereocenters. The number of amides is 2. The molecule has 3 N–H and O–H groups in total. The van der Waals surface area contributed by atoms with Crippen molar-refractivity contribution in [2.75, 3.05) is 0 Å². The summed E-state index contributed by atoms with van der Waals surface area (Å²) in [5.74, 6) is 2.49. The van der Waals surface area contributed by atoms with Crippen molar-refractivity contribution in [2.24, 2.45) is 28.8 Å². The van der Waals surface area contributed by atoms with Crippen molar-refractivity contribution in [1.29, 1.82) is 0 Å². The number of phenols is 1. The number of hydrogen-bond donors (Lipinski definition) is 3. The zero-order valence-electron chi connectivity index (χ0n) is 16.6. The Bertz CT molecular complexity index is 789. The Morgan fingerprint density at radius 3 is 2.39 bits per heavy atom. The Morgan fingerprint density at radius 2 is 1.75 bits per heavy atom. The van der Waals surface area contributed by atoms with Gasteiger partial charge in [-0.15, -0.1) is 0 Å². The van der Waals surface area contributed by atoms with Crippen LogP contribution in [-0.4, -0.2) is 28.7 Å². The third kappa shape index (κ3) is 3.77. The average molecular weight is 383 g/mol. The van der Waals surface area contributed by atoms with Crippen molar-refractivity contribution in [3.8, 4) is 5.75 Å². The minimum absolute atomic E-state index is 0.0219. The topological polar surface area (TPSA) is 90.8 Å². The molecule has 28 heavy (non-hydrogen) atoms. The highest BCUT2D eigenvalue weighted by atomic mass is 16.3. The van der Waals surface area contributed by atoms with Gasteiger partial charge in [0.15, 0.2) is 0 Å². The molecule has 0 atom stereocenters. The van der Waals surface area contributed by atoms with Crippen LogP contribution in [0.25, 0.3) is 0 Å². The standard InChI is InChI=1S/C22H29N3O3/c1-12-4-3-5-18(21(12)27)22(28)25-24-13(2)6-19(26)23-20-16-8-14-7-15(10-16)11-17(20)9-14/h3-5,14-17,20,27H,6-11H2,1-2H3,(H,23,26)(H,25,28). The second kappa shape index (κ2) is 7.57. The van der Waals surface area contributed by atoms with E-state index in [1.165, 1.54) is 32.1 Å². The highest BCUT2D eigenvalue weighted by Gasteiger charge is 2.48. The predicted octanol–water partition coefficient (Wildman–Crippen LogP) is 3.14. The summed E-state index contributed by atoms with van der Waals surface area (Å²) in [7, 11) is 0. The van der Waals surface area contributed by atoms with E-state index in [1.54, 1.807) is 32.0 Å². The van der Waals surface area contributed by atoms with E-state index in [0.717, 1.165) is 11.8 Å².